The van der Waals surface area contributed by atoms with Gasteiger partial charge < -0.3 is 40.5 Å². The van der Waals surface area contributed by atoms with Crippen LogP contribution in [0, 0.1) is 0 Å². The van der Waals surface area contributed by atoms with Crippen molar-refractivity contribution in [2.75, 3.05) is 0 Å². The van der Waals surface area contributed by atoms with Gasteiger partial charge in [0.2, 0.25) is 0 Å². The molecule has 0 unspecified atom stereocenters. The van der Waals surface area contributed by atoms with Crippen LogP contribution in [0.3, 0.4) is 0 Å². The first-order valence-electron chi connectivity index (χ1n) is 0. The van der Waals surface area contributed by atoms with Gasteiger partial charge in [-0.2, -0.15) is 0 Å². The molecule has 0 aromatic carbocycles. The second-order valence-electron chi connectivity index (χ2n) is 0. The Morgan fingerprint density at radius 1 is 0.667 bits per heavy atom. The van der Waals surface area contributed by atoms with Crippen molar-refractivity contribution in [2.45, 2.75) is 0 Å². The Bertz CT molecular complexity index is 10.8. The largest absolute Gasteiger partial charge is 2.00 e. The summed E-state index contributed by atoms with van der Waals surface area (Å²) in [6.45, 7) is 0. The first-order chi connectivity index (χ1) is 0. The monoisotopic (exact) mass is 476 g/mol. The van der Waals surface area contributed by atoms with Crippen molar-refractivity contribution in [1.29, 1.82) is 0 Å². The molecule has 0 aliphatic rings. The van der Waals surface area contributed by atoms with Gasteiger partial charge in [-0.05, 0) is 0 Å². The topological polar surface area (TPSA) is 0 Å². The van der Waals surface area contributed by atoms with Crippen molar-refractivity contribution in [2.24, 2.45) is 0 Å². The van der Waals surface area contributed by atoms with Crippen LogP contribution in [0.25, 0.3) is 0 Å². The van der Waals surface area contributed by atoms with Gasteiger partial charge in [-0.15, -0.1) is 0 Å². The van der Waals surface area contributed by atoms with Crippen LogP contribution in [-0.2, 0) is 115 Å². The molecule has 0 aliphatic carbocycles. The molecule has 0 N–H and O–H groups in total. The SMILES string of the molecule is [Cd+2].[Hg+2].[S-2].[S-2].[S-2].[Zn+2]. The van der Waals surface area contributed by atoms with Gasteiger partial charge in [0.1, 0.15) is 0 Å². The van der Waals surface area contributed by atoms with Crippen LogP contribution in [0.2, 0.25) is 0 Å². The van der Waals surface area contributed by atoms with Crippen LogP contribution >= 0.6 is 0 Å². The van der Waals surface area contributed by atoms with Crippen molar-refractivity contribution >= 4 is 40.5 Å². The standard InChI is InChI=1S/Cd.Hg.3S.Zn/q2*+2;3*-2;+2. The van der Waals surface area contributed by atoms with E-state index in [-0.39, 0.29) is 115 Å². The molecule has 0 heterocycles. The Hall–Kier alpha value is 3.53. The molecule has 0 nitrogen and oxygen atoms in total. The molecule has 0 spiro atoms. The first kappa shape index (κ1) is 55.6. The maximum Gasteiger partial charge on any atom is 2.00 e. The van der Waals surface area contributed by atoms with Gasteiger partial charge in [0.05, 0.1) is 0 Å². The van der Waals surface area contributed by atoms with Gasteiger partial charge in [0, 0.05) is 0 Å². The van der Waals surface area contributed by atoms with E-state index in [1.54, 1.807) is 0 Å². The summed E-state index contributed by atoms with van der Waals surface area (Å²) in [6.07, 6.45) is 0. The summed E-state index contributed by atoms with van der Waals surface area (Å²) in [5.41, 5.74) is 0. The molecule has 0 amide bonds. The zero-order chi connectivity index (χ0) is 0. The van der Waals surface area contributed by atoms with Crippen molar-refractivity contribution in [3.63, 3.8) is 0 Å². The summed E-state index contributed by atoms with van der Waals surface area (Å²) in [5.74, 6) is 0. The normalized spacial score (nSPS) is 0. The fourth-order valence-electron chi connectivity index (χ4n) is 0. The summed E-state index contributed by atoms with van der Waals surface area (Å²) < 4.78 is 0. The van der Waals surface area contributed by atoms with Crippen LogP contribution in [0.15, 0.2) is 0 Å². The molecule has 0 fully saturated rings. The summed E-state index contributed by atoms with van der Waals surface area (Å²) in [7, 11) is 0. The molecule has 0 aromatic heterocycles. The maximum atomic E-state index is 0. The van der Waals surface area contributed by atoms with Crippen molar-refractivity contribution in [1.82, 2.24) is 0 Å². The average Bonchev–Trinajstić information content (AvgIpc) is 0. The molecule has 0 aliphatic heterocycles. The Morgan fingerprint density at radius 2 is 0.667 bits per heavy atom. The van der Waals surface area contributed by atoms with Crippen LogP contribution in [0.4, 0.5) is 0 Å². The zero-order valence-electron chi connectivity index (χ0n) is 3.35. The molecule has 0 atom stereocenters. The molecular formula is CdHgS3Zn. The first-order valence-corrected chi connectivity index (χ1v) is 0. The third kappa shape index (κ3) is 25.8. The van der Waals surface area contributed by atoms with Crippen molar-refractivity contribution < 1.29 is 74.4 Å². The van der Waals surface area contributed by atoms with E-state index >= 15 is 0 Å². The van der Waals surface area contributed by atoms with Gasteiger partial charge in [-0.25, -0.2) is 0 Å². The second-order valence-corrected chi connectivity index (χ2v) is 0. The van der Waals surface area contributed by atoms with E-state index in [1.165, 1.54) is 0 Å². The van der Waals surface area contributed by atoms with Gasteiger partial charge >= 0.3 is 74.4 Å². The third-order valence-corrected chi connectivity index (χ3v) is 0. The van der Waals surface area contributed by atoms with E-state index in [9.17, 15) is 0 Å². The summed E-state index contributed by atoms with van der Waals surface area (Å²) in [4.78, 5) is 0. The van der Waals surface area contributed by atoms with E-state index in [0.717, 1.165) is 0 Å². The molecule has 0 saturated heterocycles. The molecule has 6 heteroatoms. The van der Waals surface area contributed by atoms with Crippen LogP contribution in [0.1, 0.15) is 0 Å². The minimum Gasteiger partial charge on any atom is -2.00 e. The van der Waals surface area contributed by atoms with Gasteiger partial charge in [0.25, 0.3) is 0 Å². The average molecular weight is 475 g/mol. The minimum atomic E-state index is 0. The summed E-state index contributed by atoms with van der Waals surface area (Å²) >= 11 is 0. The predicted molar refractivity (Wildman–Crippen MR) is 22.1 cm³/mol. The van der Waals surface area contributed by atoms with Gasteiger partial charge in [0.15, 0.2) is 0 Å². The van der Waals surface area contributed by atoms with Crippen LogP contribution in [-0.4, -0.2) is 0 Å². The molecule has 0 radical (unpaired) electrons. The fourth-order valence-corrected chi connectivity index (χ4v) is 0. The molecule has 0 bridgehead atoms. The van der Waals surface area contributed by atoms with Crippen molar-refractivity contribution in [3.8, 4) is 0 Å². The van der Waals surface area contributed by atoms with Gasteiger partial charge in [-0.3, -0.25) is 0 Å². The van der Waals surface area contributed by atoms with E-state index in [2.05, 4.69) is 0 Å². The van der Waals surface area contributed by atoms with Crippen molar-refractivity contribution in [3.05, 3.63) is 0 Å². The molecular weight excluding hydrogens is 475 g/mol. The summed E-state index contributed by atoms with van der Waals surface area (Å²) in [5, 5.41) is 0. The quantitative estimate of drug-likeness (QED) is 0.434. The van der Waals surface area contributed by atoms with Crippen LogP contribution < -0.4 is 0 Å². The Balaban J connectivity index is 0. The smallest absolute Gasteiger partial charge is 2.00 e. The maximum absolute atomic E-state index is 0. The zero-order valence-corrected chi connectivity index (χ0v) is 18.3. The van der Waals surface area contributed by atoms with E-state index in [4.69, 9.17) is 0 Å². The fraction of sp³-hybridized carbons (Fsp3) is 0. The molecule has 0 rings (SSSR count). The van der Waals surface area contributed by atoms with E-state index in [0.29, 0.717) is 0 Å². The minimum absolute atomic E-state index is 0. The number of hydrogen-bond donors (Lipinski definition) is 0. The predicted octanol–water partition coefficient (Wildman–Crippen LogP) is -0.0147. The Kier molecular flexibility index (Phi) is 360. The van der Waals surface area contributed by atoms with E-state index < -0.39 is 0 Å². The van der Waals surface area contributed by atoms with Crippen LogP contribution in [0.5, 0.6) is 0 Å². The summed E-state index contributed by atoms with van der Waals surface area (Å²) in [6, 6.07) is 0. The second kappa shape index (κ2) is 38.8. The third-order valence-electron chi connectivity index (χ3n) is 0. The molecule has 24 valence electrons. The Morgan fingerprint density at radius 3 is 0.667 bits per heavy atom. The molecule has 0 aromatic rings. The van der Waals surface area contributed by atoms with Gasteiger partial charge in [-0.1, -0.05) is 0 Å². The molecule has 0 saturated carbocycles. The number of hydrogen-bond acceptors (Lipinski definition) is 0. The van der Waals surface area contributed by atoms with E-state index in [1.807, 2.05) is 0 Å². The number of rotatable bonds is 0. The molecule has 6 heavy (non-hydrogen) atoms. The Labute approximate surface area is 113 Å².